The third-order valence-electron chi connectivity index (χ3n) is 4.83. The summed E-state index contributed by atoms with van der Waals surface area (Å²) in [6, 6.07) is 34.3. The lowest BCUT2D eigenvalue weighted by Crippen LogP contribution is -1.85. The maximum absolute atomic E-state index is 3.67. The molecule has 0 aliphatic carbocycles. The van der Waals surface area contributed by atoms with Crippen LogP contribution in [0.5, 0.6) is 0 Å². The van der Waals surface area contributed by atoms with Gasteiger partial charge < -0.3 is 4.98 Å². The van der Waals surface area contributed by atoms with E-state index in [0.717, 1.165) is 0 Å². The van der Waals surface area contributed by atoms with E-state index in [1.807, 2.05) is 0 Å². The molecule has 1 heterocycles. The van der Waals surface area contributed by atoms with Crippen molar-refractivity contribution in [1.29, 1.82) is 0 Å². The fraction of sp³-hybridized carbons (Fsp3) is 0. The highest BCUT2D eigenvalue weighted by molar-refractivity contribution is 6.08. The fourth-order valence-electron chi connectivity index (χ4n) is 3.69. The molecule has 0 spiro atoms. The summed E-state index contributed by atoms with van der Waals surface area (Å²) >= 11 is 0. The molecule has 5 aromatic rings. The van der Waals surface area contributed by atoms with Crippen LogP contribution in [0, 0.1) is 0 Å². The van der Waals surface area contributed by atoms with E-state index in [0.29, 0.717) is 0 Å². The molecule has 1 heteroatoms. The van der Waals surface area contributed by atoms with Gasteiger partial charge in [0.15, 0.2) is 0 Å². The molecular weight excluding hydrogens is 302 g/mol. The van der Waals surface area contributed by atoms with E-state index in [1.54, 1.807) is 0 Å². The first-order chi connectivity index (χ1) is 12.4. The van der Waals surface area contributed by atoms with Crippen molar-refractivity contribution < 1.29 is 0 Å². The van der Waals surface area contributed by atoms with Crippen molar-refractivity contribution in [2.45, 2.75) is 0 Å². The van der Waals surface area contributed by atoms with Gasteiger partial charge in [0.1, 0.15) is 0 Å². The van der Waals surface area contributed by atoms with Gasteiger partial charge in [-0.1, -0.05) is 91.0 Å². The summed E-state index contributed by atoms with van der Waals surface area (Å²) in [5.74, 6) is 0. The summed E-state index contributed by atoms with van der Waals surface area (Å²) in [5, 5.41) is 3.79. The predicted molar refractivity (Wildman–Crippen MR) is 107 cm³/mol. The SMILES string of the molecule is c1ccc(-c2c(-c3cccc4ccccc34)[nH]c3ccccc23)cc1. The molecule has 0 saturated carbocycles. The second kappa shape index (κ2) is 5.64. The summed E-state index contributed by atoms with van der Waals surface area (Å²) < 4.78 is 0. The Kier molecular flexibility index (Phi) is 3.17. The van der Waals surface area contributed by atoms with Crippen LogP contribution in [0.3, 0.4) is 0 Å². The van der Waals surface area contributed by atoms with Gasteiger partial charge >= 0.3 is 0 Å². The summed E-state index contributed by atoms with van der Waals surface area (Å²) in [7, 11) is 0. The summed E-state index contributed by atoms with van der Waals surface area (Å²) in [4.78, 5) is 3.67. The van der Waals surface area contributed by atoms with Gasteiger partial charge in [0.05, 0.1) is 5.69 Å². The van der Waals surface area contributed by atoms with E-state index in [9.17, 15) is 0 Å². The number of rotatable bonds is 2. The lowest BCUT2D eigenvalue weighted by atomic mass is 9.95. The van der Waals surface area contributed by atoms with Crippen molar-refractivity contribution in [2.24, 2.45) is 0 Å². The largest absolute Gasteiger partial charge is 0.354 e. The molecule has 1 N–H and O–H groups in total. The Balaban J connectivity index is 1.91. The zero-order chi connectivity index (χ0) is 16.6. The van der Waals surface area contributed by atoms with Crippen LogP contribution < -0.4 is 0 Å². The number of fused-ring (bicyclic) bond motifs is 2. The second-order valence-electron chi connectivity index (χ2n) is 6.31. The van der Waals surface area contributed by atoms with Gasteiger partial charge in [-0.05, 0) is 22.4 Å². The standard InChI is InChI=1S/C24H17N/c1-2-10-18(11-3-1)23-21-14-6-7-16-22(21)25-24(23)20-15-8-12-17-9-4-5-13-19(17)20/h1-16,25H. The predicted octanol–water partition coefficient (Wildman–Crippen LogP) is 6.66. The van der Waals surface area contributed by atoms with Gasteiger partial charge in [-0.25, -0.2) is 0 Å². The van der Waals surface area contributed by atoms with Crippen molar-refractivity contribution in [3.8, 4) is 22.4 Å². The number of benzene rings is 4. The third kappa shape index (κ3) is 2.25. The van der Waals surface area contributed by atoms with E-state index in [-0.39, 0.29) is 0 Å². The summed E-state index contributed by atoms with van der Waals surface area (Å²) in [5.41, 5.74) is 6.11. The molecule has 0 radical (unpaired) electrons. The first kappa shape index (κ1) is 14.1. The lowest BCUT2D eigenvalue weighted by Gasteiger charge is -2.09. The third-order valence-corrected chi connectivity index (χ3v) is 4.83. The van der Waals surface area contributed by atoms with E-state index < -0.39 is 0 Å². The van der Waals surface area contributed by atoms with Crippen LogP contribution in [-0.2, 0) is 0 Å². The first-order valence-corrected chi connectivity index (χ1v) is 8.56. The zero-order valence-corrected chi connectivity index (χ0v) is 13.7. The number of aromatic amines is 1. The van der Waals surface area contributed by atoms with E-state index in [2.05, 4.69) is 102 Å². The van der Waals surface area contributed by atoms with Gasteiger partial charge in [-0.2, -0.15) is 0 Å². The van der Waals surface area contributed by atoms with Crippen LogP contribution in [0.15, 0.2) is 97.1 Å². The van der Waals surface area contributed by atoms with E-state index >= 15 is 0 Å². The molecule has 0 aliphatic rings. The van der Waals surface area contributed by atoms with Crippen LogP contribution in [0.25, 0.3) is 44.1 Å². The molecule has 0 atom stereocenters. The molecule has 0 amide bonds. The monoisotopic (exact) mass is 319 g/mol. The van der Waals surface area contributed by atoms with Crippen LogP contribution in [0.2, 0.25) is 0 Å². The fourth-order valence-corrected chi connectivity index (χ4v) is 3.69. The number of hydrogen-bond donors (Lipinski definition) is 1. The minimum Gasteiger partial charge on any atom is -0.354 e. The smallest absolute Gasteiger partial charge is 0.0550 e. The molecule has 0 aliphatic heterocycles. The topological polar surface area (TPSA) is 15.8 Å². The zero-order valence-electron chi connectivity index (χ0n) is 13.7. The van der Waals surface area contributed by atoms with Crippen molar-refractivity contribution in [3.63, 3.8) is 0 Å². The Morgan fingerprint density at radius 3 is 2.08 bits per heavy atom. The molecule has 1 aromatic heterocycles. The van der Waals surface area contributed by atoms with Crippen LogP contribution in [-0.4, -0.2) is 4.98 Å². The molecule has 0 unspecified atom stereocenters. The molecule has 0 saturated heterocycles. The summed E-state index contributed by atoms with van der Waals surface area (Å²) in [6.45, 7) is 0. The molecule has 5 rings (SSSR count). The molecule has 118 valence electrons. The molecule has 25 heavy (non-hydrogen) atoms. The number of H-pyrrole nitrogens is 1. The summed E-state index contributed by atoms with van der Waals surface area (Å²) in [6.07, 6.45) is 0. The van der Waals surface area contributed by atoms with E-state index in [1.165, 1.54) is 44.1 Å². The average Bonchev–Trinajstić information content (AvgIpc) is 3.07. The number of nitrogens with one attached hydrogen (secondary N) is 1. The van der Waals surface area contributed by atoms with Crippen LogP contribution >= 0.6 is 0 Å². The van der Waals surface area contributed by atoms with Crippen molar-refractivity contribution in [2.75, 3.05) is 0 Å². The number of para-hydroxylation sites is 1. The Bertz CT molecular complexity index is 1180. The highest BCUT2D eigenvalue weighted by Gasteiger charge is 2.16. The quantitative estimate of drug-likeness (QED) is 0.374. The highest BCUT2D eigenvalue weighted by atomic mass is 14.7. The normalized spacial score (nSPS) is 11.2. The van der Waals surface area contributed by atoms with E-state index in [4.69, 9.17) is 0 Å². The van der Waals surface area contributed by atoms with Gasteiger partial charge in [-0.15, -0.1) is 0 Å². The Hall–Kier alpha value is -3.32. The van der Waals surface area contributed by atoms with Gasteiger partial charge in [0.25, 0.3) is 0 Å². The van der Waals surface area contributed by atoms with Crippen molar-refractivity contribution in [3.05, 3.63) is 97.1 Å². The average molecular weight is 319 g/mol. The molecule has 0 bridgehead atoms. The van der Waals surface area contributed by atoms with Crippen molar-refractivity contribution >= 4 is 21.7 Å². The molecule has 1 nitrogen and oxygen atoms in total. The Morgan fingerprint density at radius 2 is 1.20 bits per heavy atom. The van der Waals surface area contributed by atoms with Crippen molar-refractivity contribution in [1.82, 2.24) is 4.98 Å². The molecule has 0 fully saturated rings. The minimum atomic E-state index is 1.17. The second-order valence-corrected chi connectivity index (χ2v) is 6.31. The highest BCUT2D eigenvalue weighted by Crippen LogP contribution is 2.40. The lowest BCUT2D eigenvalue weighted by molar-refractivity contribution is 1.46. The number of aromatic nitrogens is 1. The van der Waals surface area contributed by atoms with Crippen LogP contribution in [0.1, 0.15) is 0 Å². The first-order valence-electron chi connectivity index (χ1n) is 8.56. The molecule has 4 aromatic carbocycles. The van der Waals surface area contributed by atoms with Gasteiger partial charge in [0, 0.05) is 22.0 Å². The van der Waals surface area contributed by atoms with Crippen LogP contribution in [0.4, 0.5) is 0 Å². The maximum atomic E-state index is 3.67. The maximum Gasteiger partial charge on any atom is 0.0550 e. The Morgan fingerprint density at radius 1 is 0.520 bits per heavy atom. The Labute approximate surface area is 146 Å². The van der Waals surface area contributed by atoms with Gasteiger partial charge in [0.2, 0.25) is 0 Å². The number of hydrogen-bond acceptors (Lipinski definition) is 0. The minimum absolute atomic E-state index is 1.17. The molecular formula is C24H17N. The van der Waals surface area contributed by atoms with Gasteiger partial charge in [-0.3, -0.25) is 0 Å².